The van der Waals surface area contributed by atoms with Gasteiger partial charge in [-0.05, 0) is 49.2 Å². The summed E-state index contributed by atoms with van der Waals surface area (Å²) < 4.78 is 28.2. The van der Waals surface area contributed by atoms with E-state index >= 15 is 0 Å². The summed E-state index contributed by atoms with van der Waals surface area (Å²) in [6.07, 6.45) is 0. The van der Waals surface area contributed by atoms with Gasteiger partial charge in [0.2, 0.25) is 10.0 Å². The molecule has 1 aliphatic rings. The molecule has 21 heavy (non-hydrogen) atoms. The summed E-state index contributed by atoms with van der Waals surface area (Å²) in [6.45, 7) is 4.31. The third kappa shape index (κ3) is 2.54. The Morgan fingerprint density at radius 2 is 1.81 bits per heavy atom. The number of halogens is 1. The second-order valence-electron chi connectivity index (χ2n) is 5.38. The number of fused-ring (bicyclic) bond motifs is 1. The predicted molar refractivity (Wildman–Crippen MR) is 86.5 cm³/mol. The average Bonchev–Trinajstić information content (AvgIpc) is 2.76. The molecular formula is C16H16BrNO2S. The lowest BCUT2D eigenvalue weighted by Crippen LogP contribution is -2.28. The maximum atomic E-state index is 12.8. The standard InChI is InChI=1S/C16H16BrNO2S/c1-11-3-6-15(7-4-11)21(19,20)18-10-13-9-14(17)5-8-16(13)12(18)2/h3-9,12H,10H2,1-2H3. The molecule has 2 aromatic carbocycles. The Hall–Kier alpha value is -1.17. The van der Waals surface area contributed by atoms with Crippen LogP contribution in [0.2, 0.25) is 0 Å². The molecule has 1 atom stereocenters. The molecule has 5 heteroatoms. The van der Waals surface area contributed by atoms with E-state index in [1.807, 2.05) is 44.2 Å². The summed E-state index contributed by atoms with van der Waals surface area (Å²) in [6, 6.07) is 12.8. The average molecular weight is 366 g/mol. The van der Waals surface area contributed by atoms with Crippen LogP contribution < -0.4 is 0 Å². The Morgan fingerprint density at radius 3 is 2.48 bits per heavy atom. The lowest BCUT2D eigenvalue weighted by atomic mass is 10.1. The molecule has 1 heterocycles. The molecule has 0 bridgehead atoms. The van der Waals surface area contributed by atoms with Gasteiger partial charge in [-0.1, -0.05) is 39.7 Å². The van der Waals surface area contributed by atoms with Crippen molar-refractivity contribution in [2.45, 2.75) is 31.3 Å². The number of rotatable bonds is 2. The van der Waals surface area contributed by atoms with E-state index in [1.165, 1.54) is 0 Å². The van der Waals surface area contributed by atoms with Gasteiger partial charge in [0.1, 0.15) is 0 Å². The molecule has 0 fully saturated rings. The third-order valence-corrected chi connectivity index (χ3v) is 6.36. The van der Waals surface area contributed by atoms with Crippen LogP contribution in [0.5, 0.6) is 0 Å². The molecule has 0 aliphatic carbocycles. The van der Waals surface area contributed by atoms with Crippen LogP contribution in [0, 0.1) is 6.92 Å². The van der Waals surface area contributed by atoms with E-state index in [4.69, 9.17) is 0 Å². The quantitative estimate of drug-likeness (QED) is 0.805. The smallest absolute Gasteiger partial charge is 0.207 e. The molecule has 0 aromatic heterocycles. The number of nitrogens with zero attached hydrogens (tertiary/aromatic N) is 1. The van der Waals surface area contributed by atoms with E-state index in [-0.39, 0.29) is 6.04 Å². The molecule has 1 unspecified atom stereocenters. The predicted octanol–water partition coefficient (Wildman–Crippen LogP) is 4.02. The van der Waals surface area contributed by atoms with Crippen LogP contribution >= 0.6 is 15.9 Å². The fraction of sp³-hybridized carbons (Fsp3) is 0.250. The van der Waals surface area contributed by atoms with Crippen molar-refractivity contribution in [3.63, 3.8) is 0 Å². The van der Waals surface area contributed by atoms with Crippen molar-refractivity contribution in [3.05, 3.63) is 63.6 Å². The van der Waals surface area contributed by atoms with Gasteiger partial charge in [0.25, 0.3) is 0 Å². The topological polar surface area (TPSA) is 37.4 Å². The minimum atomic E-state index is -3.47. The summed E-state index contributed by atoms with van der Waals surface area (Å²) in [5.74, 6) is 0. The van der Waals surface area contributed by atoms with Crippen molar-refractivity contribution in [2.24, 2.45) is 0 Å². The summed E-state index contributed by atoms with van der Waals surface area (Å²) in [7, 11) is -3.47. The molecule has 1 aliphatic heterocycles. The Morgan fingerprint density at radius 1 is 1.14 bits per heavy atom. The van der Waals surface area contributed by atoms with Crippen molar-refractivity contribution in [1.29, 1.82) is 0 Å². The van der Waals surface area contributed by atoms with E-state index in [2.05, 4.69) is 15.9 Å². The lowest BCUT2D eigenvalue weighted by Gasteiger charge is -2.21. The van der Waals surface area contributed by atoms with Crippen LogP contribution in [0.3, 0.4) is 0 Å². The third-order valence-electron chi connectivity index (χ3n) is 3.94. The van der Waals surface area contributed by atoms with Gasteiger partial charge in [0.15, 0.2) is 0 Å². The molecule has 0 amide bonds. The first kappa shape index (κ1) is 14.8. The minimum absolute atomic E-state index is 0.139. The van der Waals surface area contributed by atoms with Crippen molar-refractivity contribution in [1.82, 2.24) is 4.31 Å². The molecule has 3 rings (SSSR count). The fourth-order valence-electron chi connectivity index (χ4n) is 2.72. The summed E-state index contributed by atoms with van der Waals surface area (Å²) in [5, 5.41) is 0. The van der Waals surface area contributed by atoms with Crippen LogP contribution in [0.15, 0.2) is 51.8 Å². The van der Waals surface area contributed by atoms with Crippen LogP contribution in [0.4, 0.5) is 0 Å². The van der Waals surface area contributed by atoms with E-state index in [9.17, 15) is 8.42 Å². The fourth-order valence-corrected chi connectivity index (χ4v) is 4.72. The van der Waals surface area contributed by atoms with Gasteiger partial charge in [-0.3, -0.25) is 0 Å². The highest BCUT2D eigenvalue weighted by molar-refractivity contribution is 9.10. The molecule has 0 N–H and O–H groups in total. The SMILES string of the molecule is Cc1ccc(S(=O)(=O)N2Cc3cc(Br)ccc3C2C)cc1. The van der Waals surface area contributed by atoms with Gasteiger partial charge in [0, 0.05) is 17.1 Å². The lowest BCUT2D eigenvalue weighted by molar-refractivity contribution is 0.370. The molecular weight excluding hydrogens is 350 g/mol. The van der Waals surface area contributed by atoms with Gasteiger partial charge in [-0.15, -0.1) is 0 Å². The zero-order valence-corrected chi connectivity index (χ0v) is 14.3. The second kappa shape index (κ2) is 5.23. The highest BCUT2D eigenvalue weighted by Crippen LogP contribution is 2.38. The van der Waals surface area contributed by atoms with Gasteiger partial charge in [-0.2, -0.15) is 4.31 Å². The summed E-state index contributed by atoms with van der Waals surface area (Å²) >= 11 is 3.44. The van der Waals surface area contributed by atoms with Gasteiger partial charge in [-0.25, -0.2) is 8.42 Å². The van der Waals surface area contributed by atoms with Gasteiger partial charge < -0.3 is 0 Å². The zero-order valence-electron chi connectivity index (χ0n) is 11.9. The largest absolute Gasteiger partial charge is 0.243 e. The first-order chi connectivity index (χ1) is 9.89. The Bertz CT molecular complexity index is 784. The molecule has 0 spiro atoms. The number of aryl methyl sites for hydroxylation is 1. The highest BCUT2D eigenvalue weighted by Gasteiger charge is 2.36. The summed E-state index contributed by atoms with van der Waals surface area (Å²) in [5.41, 5.74) is 3.19. The molecule has 2 aromatic rings. The van der Waals surface area contributed by atoms with E-state index in [0.717, 1.165) is 21.2 Å². The summed E-state index contributed by atoms with van der Waals surface area (Å²) in [4.78, 5) is 0.354. The maximum absolute atomic E-state index is 12.8. The number of hydrogen-bond acceptors (Lipinski definition) is 2. The first-order valence-electron chi connectivity index (χ1n) is 6.76. The van der Waals surface area contributed by atoms with Crippen molar-refractivity contribution >= 4 is 26.0 Å². The van der Waals surface area contributed by atoms with Crippen LogP contribution in [0.25, 0.3) is 0 Å². The Balaban J connectivity index is 2.00. The van der Waals surface area contributed by atoms with Crippen molar-refractivity contribution in [2.75, 3.05) is 0 Å². The van der Waals surface area contributed by atoms with Gasteiger partial charge >= 0.3 is 0 Å². The normalized spacial score (nSPS) is 18.7. The maximum Gasteiger partial charge on any atom is 0.243 e. The highest BCUT2D eigenvalue weighted by atomic mass is 79.9. The molecule has 0 radical (unpaired) electrons. The van der Waals surface area contributed by atoms with Crippen LogP contribution in [-0.4, -0.2) is 12.7 Å². The minimum Gasteiger partial charge on any atom is -0.207 e. The molecule has 0 saturated heterocycles. The van der Waals surface area contributed by atoms with Gasteiger partial charge in [0.05, 0.1) is 4.90 Å². The molecule has 110 valence electrons. The molecule has 3 nitrogen and oxygen atoms in total. The van der Waals surface area contributed by atoms with Crippen molar-refractivity contribution in [3.8, 4) is 0 Å². The Kier molecular flexibility index (Phi) is 3.67. The monoisotopic (exact) mass is 365 g/mol. The second-order valence-corrected chi connectivity index (χ2v) is 8.19. The van der Waals surface area contributed by atoms with E-state index < -0.39 is 10.0 Å². The number of sulfonamides is 1. The van der Waals surface area contributed by atoms with E-state index in [0.29, 0.717) is 11.4 Å². The van der Waals surface area contributed by atoms with E-state index in [1.54, 1.807) is 16.4 Å². The van der Waals surface area contributed by atoms with Crippen LogP contribution in [-0.2, 0) is 16.6 Å². The number of benzene rings is 2. The first-order valence-corrected chi connectivity index (χ1v) is 9.00. The van der Waals surface area contributed by atoms with Crippen molar-refractivity contribution < 1.29 is 8.42 Å². The Labute approximate surface area is 133 Å². The van der Waals surface area contributed by atoms with Crippen LogP contribution in [0.1, 0.15) is 29.7 Å². The zero-order chi connectivity index (χ0) is 15.2. The number of hydrogen-bond donors (Lipinski definition) is 0. The molecule has 0 saturated carbocycles.